The summed E-state index contributed by atoms with van der Waals surface area (Å²) < 4.78 is 0. The van der Waals surface area contributed by atoms with Gasteiger partial charge in [-0.3, -0.25) is 9.59 Å². The lowest BCUT2D eigenvalue weighted by atomic mass is 9.87. The molecule has 1 unspecified atom stereocenters. The quantitative estimate of drug-likeness (QED) is 0.672. The van der Waals surface area contributed by atoms with E-state index in [0.717, 1.165) is 29.3 Å². The minimum absolute atomic E-state index is 0.0765. The Kier molecular flexibility index (Phi) is 5.38. The van der Waals surface area contributed by atoms with E-state index in [1.165, 1.54) is 17.7 Å². The number of aromatic nitrogens is 1. The molecule has 0 aliphatic heterocycles. The number of aromatic amines is 1. The minimum atomic E-state index is -0.404. The van der Waals surface area contributed by atoms with Gasteiger partial charge in [0.1, 0.15) is 0 Å². The van der Waals surface area contributed by atoms with Gasteiger partial charge in [-0.05, 0) is 42.4 Å². The number of para-hydroxylation sites is 1. The first-order chi connectivity index (χ1) is 14.0. The maximum atomic E-state index is 13.5. The van der Waals surface area contributed by atoms with Crippen molar-refractivity contribution in [3.05, 3.63) is 70.9 Å². The van der Waals surface area contributed by atoms with Crippen LogP contribution in [0.4, 0.5) is 0 Å². The van der Waals surface area contributed by atoms with Gasteiger partial charge in [0.2, 0.25) is 5.91 Å². The first kappa shape index (κ1) is 19.2. The summed E-state index contributed by atoms with van der Waals surface area (Å²) in [7, 11) is 0. The average Bonchev–Trinajstić information content (AvgIpc) is 3.09. The van der Waals surface area contributed by atoms with Crippen LogP contribution < -0.4 is 5.73 Å². The Bertz CT molecular complexity index is 1040. The minimum Gasteiger partial charge on any atom is -0.370 e. The van der Waals surface area contributed by atoms with Crippen molar-refractivity contribution in [3.8, 4) is 0 Å². The van der Waals surface area contributed by atoms with E-state index in [1.807, 2.05) is 42.5 Å². The van der Waals surface area contributed by atoms with Crippen molar-refractivity contribution in [2.45, 2.75) is 39.2 Å². The van der Waals surface area contributed by atoms with E-state index >= 15 is 0 Å². The lowest BCUT2D eigenvalue weighted by Crippen LogP contribution is -2.33. The normalized spacial score (nSPS) is 15.8. The van der Waals surface area contributed by atoms with E-state index in [4.69, 9.17) is 5.73 Å². The fourth-order valence-corrected chi connectivity index (χ4v) is 4.27. The number of nitrogens with one attached hydrogen (secondary N) is 1. The van der Waals surface area contributed by atoms with Gasteiger partial charge < -0.3 is 15.6 Å². The monoisotopic (exact) mass is 389 g/mol. The Morgan fingerprint density at radius 1 is 1.14 bits per heavy atom. The fourth-order valence-electron chi connectivity index (χ4n) is 4.27. The lowest BCUT2D eigenvalue weighted by Gasteiger charge is -2.23. The van der Waals surface area contributed by atoms with Gasteiger partial charge >= 0.3 is 0 Å². The van der Waals surface area contributed by atoms with Crippen molar-refractivity contribution in [3.63, 3.8) is 0 Å². The van der Waals surface area contributed by atoms with Crippen LogP contribution in [0.5, 0.6) is 0 Å². The number of carbonyl (C=O) groups excluding carboxylic acids is 2. The molecule has 0 saturated heterocycles. The molecule has 0 radical (unpaired) electrons. The van der Waals surface area contributed by atoms with Crippen LogP contribution in [0.25, 0.3) is 10.9 Å². The SMILES string of the molecule is CC1CCc2[nH]c3c(C(=O)N(CCC(N)=O)Cc4ccccc4)cccc3c2C1. The van der Waals surface area contributed by atoms with Gasteiger partial charge in [0.25, 0.3) is 5.91 Å². The van der Waals surface area contributed by atoms with E-state index < -0.39 is 5.91 Å². The van der Waals surface area contributed by atoms with Crippen LogP contribution in [-0.2, 0) is 24.2 Å². The molecule has 0 fully saturated rings. The maximum Gasteiger partial charge on any atom is 0.256 e. The second kappa shape index (κ2) is 8.11. The number of primary amides is 1. The highest BCUT2D eigenvalue weighted by Crippen LogP contribution is 2.33. The van der Waals surface area contributed by atoms with E-state index in [1.54, 1.807) is 4.90 Å². The van der Waals surface area contributed by atoms with E-state index in [2.05, 4.69) is 18.0 Å². The number of rotatable bonds is 6. The predicted molar refractivity (Wildman–Crippen MR) is 114 cm³/mol. The maximum absolute atomic E-state index is 13.5. The number of nitrogens with zero attached hydrogens (tertiary/aromatic N) is 1. The first-order valence-electron chi connectivity index (χ1n) is 10.3. The van der Waals surface area contributed by atoms with Crippen LogP contribution >= 0.6 is 0 Å². The highest BCUT2D eigenvalue weighted by Gasteiger charge is 2.24. The number of aryl methyl sites for hydroxylation is 1. The topological polar surface area (TPSA) is 79.2 Å². The summed E-state index contributed by atoms with van der Waals surface area (Å²) in [5.41, 5.74) is 10.6. The number of benzene rings is 2. The summed E-state index contributed by atoms with van der Waals surface area (Å²) in [5.74, 6) is 0.178. The molecule has 0 saturated carbocycles. The molecule has 5 heteroatoms. The predicted octanol–water partition coefficient (Wildman–Crippen LogP) is 3.81. The molecule has 2 aromatic carbocycles. The van der Waals surface area contributed by atoms with E-state index in [9.17, 15) is 9.59 Å². The number of amides is 2. The van der Waals surface area contributed by atoms with Gasteiger partial charge in [0.05, 0.1) is 11.1 Å². The molecular formula is C24H27N3O2. The zero-order chi connectivity index (χ0) is 20.4. The smallest absolute Gasteiger partial charge is 0.256 e. The second-order valence-corrected chi connectivity index (χ2v) is 8.09. The molecule has 0 bridgehead atoms. The zero-order valence-electron chi connectivity index (χ0n) is 16.8. The van der Waals surface area contributed by atoms with Gasteiger partial charge in [0, 0.05) is 30.6 Å². The molecule has 1 aromatic heterocycles. The molecule has 3 N–H and O–H groups in total. The van der Waals surface area contributed by atoms with Gasteiger partial charge in [-0.2, -0.15) is 0 Å². The third kappa shape index (κ3) is 4.04. The fraction of sp³-hybridized carbons (Fsp3) is 0.333. The number of H-pyrrole nitrogens is 1. The highest BCUT2D eigenvalue weighted by atomic mass is 16.2. The number of fused-ring (bicyclic) bond motifs is 3. The average molecular weight is 389 g/mol. The molecule has 4 rings (SSSR count). The Labute approximate surface area is 170 Å². The van der Waals surface area contributed by atoms with Gasteiger partial charge in [-0.15, -0.1) is 0 Å². The molecule has 5 nitrogen and oxygen atoms in total. The second-order valence-electron chi connectivity index (χ2n) is 8.09. The Morgan fingerprint density at radius 2 is 1.93 bits per heavy atom. The van der Waals surface area contributed by atoms with Crippen molar-refractivity contribution in [1.82, 2.24) is 9.88 Å². The van der Waals surface area contributed by atoms with Gasteiger partial charge in [-0.1, -0.05) is 49.4 Å². The van der Waals surface area contributed by atoms with E-state index in [0.29, 0.717) is 24.6 Å². The lowest BCUT2D eigenvalue weighted by molar-refractivity contribution is -0.118. The summed E-state index contributed by atoms with van der Waals surface area (Å²) in [6.45, 7) is 3.03. The Morgan fingerprint density at radius 3 is 2.69 bits per heavy atom. The molecule has 1 atom stereocenters. The van der Waals surface area contributed by atoms with Crippen LogP contribution in [0, 0.1) is 5.92 Å². The van der Waals surface area contributed by atoms with Crippen molar-refractivity contribution in [1.29, 1.82) is 0 Å². The van der Waals surface area contributed by atoms with Crippen molar-refractivity contribution in [2.24, 2.45) is 11.7 Å². The van der Waals surface area contributed by atoms with Crippen molar-refractivity contribution in [2.75, 3.05) is 6.54 Å². The van der Waals surface area contributed by atoms with Gasteiger partial charge in [-0.25, -0.2) is 0 Å². The highest BCUT2D eigenvalue weighted by molar-refractivity contribution is 6.07. The van der Waals surface area contributed by atoms with Crippen molar-refractivity contribution < 1.29 is 9.59 Å². The van der Waals surface area contributed by atoms with Gasteiger partial charge in [0.15, 0.2) is 0 Å². The molecule has 1 heterocycles. The Balaban J connectivity index is 1.69. The van der Waals surface area contributed by atoms with Crippen LogP contribution in [0.3, 0.4) is 0 Å². The number of nitrogens with two attached hydrogens (primary N) is 1. The third-order valence-corrected chi connectivity index (χ3v) is 5.83. The zero-order valence-corrected chi connectivity index (χ0v) is 16.8. The van der Waals surface area contributed by atoms with Crippen LogP contribution in [0.2, 0.25) is 0 Å². The molecule has 1 aliphatic rings. The number of hydrogen-bond acceptors (Lipinski definition) is 2. The Hall–Kier alpha value is -3.08. The van der Waals surface area contributed by atoms with Crippen LogP contribution in [0.15, 0.2) is 48.5 Å². The van der Waals surface area contributed by atoms with E-state index in [-0.39, 0.29) is 12.3 Å². The standard InChI is InChI=1S/C24H27N3O2/c1-16-10-11-21-20(14-16)18-8-5-9-19(23(18)26-21)24(29)27(13-12-22(25)28)15-17-6-3-2-4-7-17/h2-9,16,26H,10-15H2,1H3,(H2,25,28). The molecule has 0 spiro atoms. The number of carbonyl (C=O) groups is 2. The van der Waals surface area contributed by atoms with Crippen LogP contribution in [-0.4, -0.2) is 28.2 Å². The molecule has 29 heavy (non-hydrogen) atoms. The molecule has 150 valence electrons. The summed E-state index contributed by atoms with van der Waals surface area (Å²) in [4.78, 5) is 30.1. The third-order valence-electron chi connectivity index (χ3n) is 5.83. The summed E-state index contributed by atoms with van der Waals surface area (Å²) in [6, 6.07) is 15.8. The molecule has 3 aromatic rings. The molecular weight excluding hydrogens is 362 g/mol. The molecule has 1 aliphatic carbocycles. The largest absolute Gasteiger partial charge is 0.370 e. The number of hydrogen-bond donors (Lipinski definition) is 2. The summed E-state index contributed by atoms with van der Waals surface area (Å²) in [6.07, 6.45) is 3.38. The summed E-state index contributed by atoms with van der Waals surface area (Å²) in [5, 5.41) is 1.15. The van der Waals surface area contributed by atoms with Crippen LogP contribution in [0.1, 0.15) is 46.9 Å². The summed E-state index contributed by atoms with van der Waals surface area (Å²) >= 11 is 0. The molecule has 2 amide bonds. The van der Waals surface area contributed by atoms with Crippen molar-refractivity contribution >= 4 is 22.7 Å². The first-order valence-corrected chi connectivity index (χ1v) is 10.3.